The lowest BCUT2D eigenvalue weighted by Gasteiger charge is -2.30. The summed E-state index contributed by atoms with van der Waals surface area (Å²) in [6.45, 7) is 4.12. The van der Waals surface area contributed by atoms with E-state index in [2.05, 4.69) is 29.1 Å². The lowest BCUT2D eigenvalue weighted by atomic mass is 10.1. The van der Waals surface area contributed by atoms with Crippen molar-refractivity contribution in [3.05, 3.63) is 30.5 Å². The Balaban J connectivity index is 1.76. The van der Waals surface area contributed by atoms with Gasteiger partial charge in [-0.25, -0.2) is 4.79 Å². The smallest absolute Gasteiger partial charge is 0.321 e. The van der Waals surface area contributed by atoms with Crippen LogP contribution in [0.3, 0.4) is 0 Å². The first kappa shape index (κ1) is 13.9. The molecular weight excluding hydrogens is 266 g/mol. The van der Waals surface area contributed by atoms with Crippen molar-refractivity contribution in [1.29, 1.82) is 0 Å². The number of nitrogens with zero attached hydrogens (tertiary/aromatic N) is 2. The summed E-state index contributed by atoms with van der Waals surface area (Å²) in [4.78, 5) is 13.9. The Bertz CT molecular complexity index is 650. The molecule has 21 heavy (non-hydrogen) atoms. The quantitative estimate of drug-likeness (QED) is 0.892. The molecule has 1 unspecified atom stereocenters. The van der Waals surface area contributed by atoms with Crippen LogP contribution in [0, 0.1) is 0 Å². The normalized spacial score (nSPS) is 19.0. The van der Waals surface area contributed by atoms with Crippen LogP contribution in [0.5, 0.6) is 0 Å². The Morgan fingerprint density at radius 2 is 2.29 bits per heavy atom. The SMILES string of the molecule is CCn1ccc2ccc(NC(=O)N3CCCC(O)C3)cc21. The number of carbonyl (C=O) groups excluding carboxylic acids is 1. The molecule has 2 aromatic rings. The molecule has 1 aromatic heterocycles. The molecule has 3 rings (SSSR count). The Labute approximate surface area is 124 Å². The molecule has 1 atom stereocenters. The molecule has 1 aromatic carbocycles. The number of nitrogens with one attached hydrogen (secondary N) is 1. The molecule has 112 valence electrons. The molecule has 1 saturated heterocycles. The van der Waals surface area contributed by atoms with Crippen molar-refractivity contribution in [3.8, 4) is 0 Å². The third-order valence-electron chi connectivity index (χ3n) is 4.05. The minimum absolute atomic E-state index is 0.136. The Morgan fingerprint density at radius 1 is 1.43 bits per heavy atom. The maximum absolute atomic E-state index is 12.2. The van der Waals surface area contributed by atoms with E-state index in [1.165, 1.54) is 5.39 Å². The largest absolute Gasteiger partial charge is 0.391 e. The van der Waals surface area contributed by atoms with Gasteiger partial charge in [-0.2, -0.15) is 0 Å². The fourth-order valence-corrected chi connectivity index (χ4v) is 2.88. The standard InChI is InChI=1S/C16H21N3O2/c1-2-18-9-7-12-5-6-13(10-15(12)18)17-16(21)19-8-3-4-14(20)11-19/h5-7,9-10,14,20H,2-4,8,11H2,1H3,(H,17,21). The first-order valence-corrected chi connectivity index (χ1v) is 7.50. The topological polar surface area (TPSA) is 57.5 Å². The molecule has 2 N–H and O–H groups in total. The molecule has 2 heterocycles. The van der Waals surface area contributed by atoms with Gasteiger partial charge >= 0.3 is 6.03 Å². The third-order valence-corrected chi connectivity index (χ3v) is 4.05. The number of fused-ring (bicyclic) bond motifs is 1. The minimum atomic E-state index is -0.399. The van der Waals surface area contributed by atoms with Crippen molar-refractivity contribution in [2.45, 2.75) is 32.4 Å². The number of urea groups is 1. The highest BCUT2D eigenvalue weighted by atomic mass is 16.3. The van der Waals surface area contributed by atoms with Crippen molar-refractivity contribution >= 4 is 22.6 Å². The molecule has 1 fully saturated rings. The molecule has 2 amide bonds. The average Bonchev–Trinajstić information content (AvgIpc) is 2.89. The summed E-state index contributed by atoms with van der Waals surface area (Å²) in [6.07, 6.45) is 3.29. The number of benzene rings is 1. The van der Waals surface area contributed by atoms with Crippen molar-refractivity contribution in [1.82, 2.24) is 9.47 Å². The summed E-state index contributed by atoms with van der Waals surface area (Å²) < 4.78 is 2.15. The number of aliphatic hydroxyl groups is 1. The summed E-state index contributed by atoms with van der Waals surface area (Å²) in [7, 11) is 0. The van der Waals surface area contributed by atoms with E-state index in [9.17, 15) is 9.90 Å². The van der Waals surface area contributed by atoms with Crippen LogP contribution in [0.1, 0.15) is 19.8 Å². The number of rotatable bonds is 2. The Hall–Kier alpha value is -2.01. The lowest BCUT2D eigenvalue weighted by molar-refractivity contribution is 0.0883. The maximum Gasteiger partial charge on any atom is 0.321 e. The zero-order chi connectivity index (χ0) is 14.8. The summed E-state index contributed by atoms with van der Waals surface area (Å²) in [6, 6.07) is 7.87. The summed E-state index contributed by atoms with van der Waals surface area (Å²) in [5, 5.41) is 13.7. The molecule has 0 saturated carbocycles. The Morgan fingerprint density at radius 3 is 3.05 bits per heavy atom. The summed E-state index contributed by atoms with van der Waals surface area (Å²) >= 11 is 0. The van der Waals surface area contributed by atoms with E-state index in [0.29, 0.717) is 13.1 Å². The highest BCUT2D eigenvalue weighted by Crippen LogP contribution is 2.21. The van der Waals surface area contributed by atoms with Gasteiger partial charge in [0.15, 0.2) is 0 Å². The van der Waals surface area contributed by atoms with Crippen LogP contribution < -0.4 is 5.32 Å². The molecule has 0 spiro atoms. The van der Waals surface area contributed by atoms with Gasteiger partial charge in [0.05, 0.1) is 11.6 Å². The third kappa shape index (κ3) is 2.88. The van der Waals surface area contributed by atoms with Gasteiger partial charge in [0.25, 0.3) is 0 Å². The van der Waals surface area contributed by atoms with Gasteiger partial charge in [-0.15, -0.1) is 0 Å². The second-order valence-electron chi connectivity index (χ2n) is 5.55. The molecular formula is C16H21N3O2. The fraction of sp³-hybridized carbons (Fsp3) is 0.438. The zero-order valence-electron chi connectivity index (χ0n) is 12.2. The predicted molar refractivity (Wildman–Crippen MR) is 83.4 cm³/mol. The summed E-state index contributed by atoms with van der Waals surface area (Å²) in [5.74, 6) is 0. The molecule has 1 aliphatic heterocycles. The molecule has 0 bridgehead atoms. The number of aryl methyl sites for hydroxylation is 1. The van der Waals surface area contributed by atoms with Crippen LogP contribution in [0.2, 0.25) is 0 Å². The molecule has 0 radical (unpaired) electrons. The van der Waals surface area contributed by atoms with Crippen molar-refractivity contribution in [3.63, 3.8) is 0 Å². The van der Waals surface area contributed by atoms with Crippen LogP contribution in [0.4, 0.5) is 10.5 Å². The maximum atomic E-state index is 12.2. The number of likely N-dealkylation sites (tertiary alicyclic amines) is 1. The molecule has 5 nitrogen and oxygen atoms in total. The second kappa shape index (κ2) is 5.77. The van der Waals surface area contributed by atoms with Crippen molar-refractivity contribution < 1.29 is 9.90 Å². The number of hydrogen-bond acceptors (Lipinski definition) is 2. The van der Waals surface area contributed by atoms with E-state index >= 15 is 0 Å². The number of piperidine rings is 1. The lowest BCUT2D eigenvalue weighted by Crippen LogP contribution is -2.44. The first-order valence-electron chi connectivity index (χ1n) is 7.50. The van der Waals surface area contributed by atoms with Gasteiger partial charge in [-0.3, -0.25) is 0 Å². The number of carbonyl (C=O) groups is 1. The fourth-order valence-electron chi connectivity index (χ4n) is 2.88. The number of hydrogen-bond donors (Lipinski definition) is 2. The van der Waals surface area contributed by atoms with Gasteiger partial charge in [-0.05, 0) is 43.4 Å². The first-order chi connectivity index (χ1) is 10.2. The zero-order valence-corrected chi connectivity index (χ0v) is 12.2. The molecule has 1 aliphatic rings. The van der Waals surface area contributed by atoms with E-state index in [1.54, 1.807) is 4.90 Å². The van der Waals surface area contributed by atoms with Gasteiger partial charge in [0, 0.05) is 31.5 Å². The number of aromatic nitrogens is 1. The highest BCUT2D eigenvalue weighted by molar-refractivity contribution is 5.93. The van der Waals surface area contributed by atoms with E-state index in [1.807, 2.05) is 18.2 Å². The average molecular weight is 287 g/mol. The number of β-amino-alcohol motifs (C(OH)–C–C–N with tert-alkyl or cyclic N) is 1. The van der Waals surface area contributed by atoms with E-state index < -0.39 is 6.10 Å². The monoisotopic (exact) mass is 287 g/mol. The van der Waals surface area contributed by atoms with E-state index in [-0.39, 0.29) is 6.03 Å². The minimum Gasteiger partial charge on any atom is -0.391 e. The number of anilines is 1. The van der Waals surface area contributed by atoms with Crippen molar-refractivity contribution in [2.24, 2.45) is 0 Å². The van der Waals surface area contributed by atoms with Crippen LogP contribution in [-0.4, -0.2) is 39.8 Å². The van der Waals surface area contributed by atoms with E-state index in [4.69, 9.17) is 0 Å². The Kier molecular flexibility index (Phi) is 3.84. The van der Waals surface area contributed by atoms with Gasteiger partial charge in [-0.1, -0.05) is 6.07 Å². The molecule has 5 heteroatoms. The van der Waals surface area contributed by atoms with Crippen LogP contribution >= 0.6 is 0 Å². The van der Waals surface area contributed by atoms with Gasteiger partial charge in [0.2, 0.25) is 0 Å². The van der Waals surface area contributed by atoms with Gasteiger partial charge in [0.1, 0.15) is 0 Å². The predicted octanol–water partition coefficient (Wildman–Crippen LogP) is 2.65. The van der Waals surface area contributed by atoms with E-state index in [0.717, 1.165) is 30.6 Å². The second-order valence-corrected chi connectivity index (χ2v) is 5.55. The van der Waals surface area contributed by atoms with Crippen LogP contribution in [-0.2, 0) is 6.54 Å². The number of aliphatic hydroxyl groups excluding tert-OH is 1. The number of amides is 2. The van der Waals surface area contributed by atoms with Crippen molar-refractivity contribution in [2.75, 3.05) is 18.4 Å². The summed E-state index contributed by atoms with van der Waals surface area (Å²) in [5.41, 5.74) is 1.91. The highest BCUT2D eigenvalue weighted by Gasteiger charge is 2.22. The van der Waals surface area contributed by atoms with Gasteiger partial charge < -0.3 is 19.9 Å². The molecule has 0 aliphatic carbocycles. The van der Waals surface area contributed by atoms with Crippen LogP contribution in [0.25, 0.3) is 10.9 Å². The van der Waals surface area contributed by atoms with Crippen LogP contribution in [0.15, 0.2) is 30.5 Å².